The molecular formula is C50H56N2O4. The summed E-state index contributed by atoms with van der Waals surface area (Å²) in [5, 5.41) is 0. The van der Waals surface area contributed by atoms with Gasteiger partial charge in [0.05, 0.1) is 18.3 Å². The largest absolute Gasteiger partial charge is 0.491 e. The van der Waals surface area contributed by atoms with E-state index >= 15 is 0 Å². The zero-order valence-corrected chi connectivity index (χ0v) is 33.9. The van der Waals surface area contributed by atoms with Crippen LogP contribution in [0.2, 0.25) is 0 Å². The number of hydrogen-bond acceptors (Lipinski definition) is 6. The van der Waals surface area contributed by atoms with Crippen molar-refractivity contribution in [1.29, 1.82) is 0 Å². The van der Waals surface area contributed by atoms with Crippen molar-refractivity contribution in [2.24, 2.45) is 0 Å². The Morgan fingerprint density at radius 3 is 1.43 bits per heavy atom. The number of methoxy groups -OCH3 is 1. The van der Waals surface area contributed by atoms with E-state index in [-0.39, 0.29) is 11.7 Å². The van der Waals surface area contributed by atoms with Crippen molar-refractivity contribution >= 4 is 34.1 Å². The van der Waals surface area contributed by atoms with Gasteiger partial charge >= 0.3 is 0 Å². The van der Waals surface area contributed by atoms with Crippen LogP contribution in [0.4, 0.5) is 34.1 Å². The third-order valence-electron chi connectivity index (χ3n) is 9.46. The van der Waals surface area contributed by atoms with Gasteiger partial charge in [0, 0.05) is 72.8 Å². The fraction of sp³-hybridized carbons (Fsp3) is 0.280. The Kier molecular flexibility index (Phi) is 13.2. The van der Waals surface area contributed by atoms with Crippen molar-refractivity contribution in [2.45, 2.75) is 71.7 Å². The molecular weight excluding hydrogens is 693 g/mol. The van der Waals surface area contributed by atoms with Crippen LogP contribution in [0.5, 0.6) is 11.5 Å². The Hall–Kier alpha value is -5.56. The van der Waals surface area contributed by atoms with Gasteiger partial charge in [-0.3, -0.25) is 0 Å². The normalized spacial score (nSPS) is 12.2. The van der Waals surface area contributed by atoms with Gasteiger partial charge in [-0.25, -0.2) is 0 Å². The topological polar surface area (TPSA) is 43.4 Å². The van der Waals surface area contributed by atoms with E-state index in [1.165, 1.54) is 0 Å². The monoisotopic (exact) mass is 748 g/mol. The summed E-state index contributed by atoms with van der Waals surface area (Å²) < 4.78 is 24.1. The summed E-state index contributed by atoms with van der Waals surface area (Å²) in [7, 11) is 1.72. The van der Waals surface area contributed by atoms with Crippen molar-refractivity contribution in [3.8, 4) is 22.6 Å². The number of benzene rings is 6. The van der Waals surface area contributed by atoms with Crippen LogP contribution in [0.15, 0.2) is 158 Å². The summed E-state index contributed by atoms with van der Waals surface area (Å²) in [6.07, 6.45) is 1.65. The molecule has 6 rings (SSSR count). The van der Waals surface area contributed by atoms with Crippen molar-refractivity contribution in [3.05, 3.63) is 158 Å². The van der Waals surface area contributed by atoms with Crippen LogP contribution in [-0.4, -0.2) is 37.6 Å². The van der Waals surface area contributed by atoms with E-state index in [2.05, 4.69) is 179 Å². The first-order valence-electron chi connectivity index (χ1n) is 19.6. The van der Waals surface area contributed by atoms with Gasteiger partial charge in [-0.15, -0.1) is 0 Å². The molecule has 0 aliphatic carbocycles. The average molecular weight is 749 g/mol. The second kappa shape index (κ2) is 18.4. The van der Waals surface area contributed by atoms with Crippen molar-refractivity contribution in [1.82, 2.24) is 0 Å². The minimum Gasteiger partial charge on any atom is -0.491 e. The molecule has 56 heavy (non-hydrogen) atoms. The van der Waals surface area contributed by atoms with Crippen LogP contribution in [0.1, 0.15) is 54.4 Å². The van der Waals surface area contributed by atoms with Crippen LogP contribution >= 0.6 is 0 Å². The molecule has 0 N–H and O–H groups in total. The molecule has 0 amide bonds. The smallest absolute Gasteiger partial charge is 0.122 e. The molecule has 290 valence electrons. The highest BCUT2D eigenvalue weighted by atomic mass is 16.5. The van der Waals surface area contributed by atoms with E-state index < -0.39 is 5.60 Å². The fourth-order valence-electron chi connectivity index (χ4n) is 6.58. The molecule has 6 nitrogen and oxygen atoms in total. The molecule has 0 fully saturated rings. The molecule has 6 aromatic carbocycles. The Labute approximate surface area is 334 Å². The first-order chi connectivity index (χ1) is 27.0. The van der Waals surface area contributed by atoms with E-state index in [9.17, 15) is 0 Å². The first-order valence-corrected chi connectivity index (χ1v) is 19.6. The Morgan fingerprint density at radius 2 is 0.946 bits per heavy atom. The van der Waals surface area contributed by atoms with E-state index in [0.717, 1.165) is 69.6 Å². The highest BCUT2D eigenvalue weighted by Crippen LogP contribution is 2.40. The molecule has 0 radical (unpaired) electrons. The average Bonchev–Trinajstić information content (AvgIpc) is 3.18. The predicted molar refractivity (Wildman–Crippen MR) is 233 cm³/mol. The molecule has 0 saturated carbocycles. The highest BCUT2D eigenvalue weighted by molar-refractivity contribution is 5.81. The first kappa shape index (κ1) is 40.1. The third kappa shape index (κ3) is 11.0. The SMILES string of the molecule is COCCC(C)Oc1cccc(N(c2ccccc2)c2ccc(-c3ccc(N(c4ccccc4)c4cccc(OC(C)(C)CCOC(C)(C)C)c4)cc3)cc2)c1. The molecule has 0 heterocycles. The lowest BCUT2D eigenvalue weighted by molar-refractivity contribution is -0.0292. The number of ether oxygens (including phenoxy) is 4. The minimum atomic E-state index is -0.391. The second-order valence-electron chi connectivity index (χ2n) is 15.7. The van der Waals surface area contributed by atoms with Crippen LogP contribution in [-0.2, 0) is 9.47 Å². The number of hydrogen-bond donors (Lipinski definition) is 0. The fourth-order valence-corrected chi connectivity index (χ4v) is 6.58. The Balaban J connectivity index is 1.24. The lowest BCUT2D eigenvalue weighted by Gasteiger charge is -2.30. The van der Waals surface area contributed by atoms with Crippen molar-refractivity contribution in [2.75, 3.05) is 30.1 Å². The van der Waals surface area contributed by atoms with Gasteiger partial charge in [0.25, 0.3) is 0 Å². The standard InChI is InChI=1S/C50H56N2O4/c1-38(32-34-53-7)55-47-22-14-20-45(36-47)51(41-16-10-8-11-17-41)43-28-24-39(25-29-43)40-26-30-44(31-27-40)52(42-18-12-9-13-19-42)46-21-15-23-48(37-46)56-50(5,6)33-35-54-49(2,3)4/h8-31,36-38H,32-35H2,1-7H3. The van der Waals surface area contributed by atoms with Gasteiger partial charge in [-0.2, -0.15) is 0 Å². The van der Waals surface area contributed by atoms with E-state index in [0.29, 0.717) is 13.2 Å². The third-order valence-corrected chi connectivity index (χ3v) is 9.46. The summed E-state index contributed by atoms with van der Waals surface area (Å²) in [6, 6.07) is 55.0. The molecule has 0 bridgehead atoms. The molecule has 6 aromatic rings. The lowest BCUT2D eigenvalue weighted by Crippen LogP contribution is -2.32. The van der Waals surface area contributed by atoms with Crippen LogP contribution in [0.25, 0.3) is 11.1 Å². The number of nitrogens with zero attached hydrogens (tertiary/aromatic N) is 2. The summed E-state index contributed by atoms with van der Waals surface area (Å²) in [4.78, 5) is 4.53. The van der Waals surface area contributed by atoms with Gasteiger partial charge in [0.15, 0.2) is 0 Å². The molecule has 1 unspecified atom stereocenters. The van der Waals surface area contributed by atoms with Crippen molar-refractivity contribution < 1.29 is 18.9 Å². The minimum absolute atomic E-state index is 0.0431. The number of rotatable bonds is 17. The Bertz CT molecular complexity index is 2090. The maximum atomic E-state index is 6.55. The quantitative estimate of drug-likeness (QED) is 0.0925. The molecule has 0 aromatic heterocycles. The molecule has 1 atom stereocenters. The zero-order valence-electron chi connectivity index (χ0n) is 33.9. The van der Waals surface area contributed by atoms with E-state index in [1.807, 2.05) is 30.3 Å². The molecule has 0 aliphatic heterocycles. The van der Waals surface area contributed by atoms with Gasteiger partial charge in [0.2, 0.25) is 0 Å². The summed E-state index contributed by atoms with van der Waals surface area (Å²) in [6.45, 7) is 13.8. The van der Waals surface area contributed by atoms with E-state index in [4.69, 9.17) is 18.9 Å². The van der Waals surface area contributed by atoms with E-state index in [1.54, 1.807) is 7.11 Å². The molecule has 0 saturated heterocycles. The maximum Gasteiger partial charge on any atom is 0.122 e. The second-order valence-corrected chi connectivity index (χ2v) is 15.7. The molecule has 0 spiro atoms. The summed E-state index contributed by atoms with van der Waals surface area (Å²) in [5.41, 5.74) is 8.00. The maximum absolute atomic E-state index is 6.55. The molecule has 6 heteroatoms. The van der Waals surface area contributed by atoms with Crippen LogP contribution in [0.3, 0.4) is 0 Å². The molecule has 0 aliphatic rings. The predicted octanol–water partition coefficient (Wildman–Crippen LogP) is 13.5. The van der Waals surface area contributed by atoms with Gasteiger partial charge in [0.1, 0.15) is 17.1 Å². The number of para-hydroxylation sites is 2. The van der Waals surface area contributed by atoms with Crippen LogP contribution < -0.4 is 19.3 Å². The summed E-state index contributed by atoms with van der Waals surface area (Å²) in [5.74, 6) is 1.65. The van der Waals surface area contributed by atoms with Gasteiger partial charge < -0.3 is 28.7 Å². The highest BCUT2D eigenvalue weighted by Gasteiger charge is 2.23. The van der Waals surface area contributed by atoms with Gasteiger partial charge in [-0.1, -0.05) is 72.8 Å². The summed E-state index contributed by atoms with van der Waals surface area (Å²) >= 11 is 0. The Morgan fingerprint density at radius 1 is 0.500 bits per heavy atom. The zero-order chi connectivity index (χ0) is 39.5. The van der Waals surface area contributed by atoms with Gasteiger partial charge in [-0.05, 0) is 125 Å². The van der Waals surface area contributed by atoms with Crippen molar-refractivity contribution in [3.63, 3.8) is 0 Å². The lowest BCUT2D eigenvalue weighted by atomic mass is 10.0. The number of anilines is 6. The van der Waals surface area contributed by atoms with Crippen LogP contribution in [0, 0.1) is 0 Å².